The van der Waals surface area contributed by atoms with E-state index in [4.69, 9.17) is 0 Å². The maximum Gasteiger partial charge on any atom is 0.253 e. The lowest BCUT2D eigenvalue weighted by Gasteiger charge is -2.39. The zero-order valence-electron chi connectivity index (χ0n) is 14.3. The second-order valence-electron chi connectivity index (χ2n) is 6.62. The molecule has 0 saturated carbocycles. The number of aromatic nitrogens is 2. The number of likely N-dealkylation sites (tertiary alicyclic amines) is 1. The molecule has 122 valence electrons. The minimum atomic E-state index is 0.0518. The Hall–Kier alpha value is -2.14. The maximum absolute atomic E-state index is 12.0. The van der Waals surface area contributed by atoms with E-state index in [1.54, 1.807) is 19.0 Å². The van der Waals surface area contributed by atoms with Gasteiger partial charge in [0.2, 0.25) is 0 Å². The molecular formula is C18H24N4O. The fourth-order valence-corrected chi connectivity index (χ4v) is 3.16. The van der Waals surface area contributed by atoms with Crippen molar-refractivity contribution in [3.63, 3.8) is 0 Å². The molecule has 5 nitrogen and oxygen atoms in total. The number of amides is 1. The van der Waals surface area contributed by atoms with Gasteiger partial charge in [-0.3, -0.25) is 14.4 Å². The molecule has 2 heterocycles. The molecule has 5 heteroatoms. The Labute approximate surface area is 137 Å². The van der Waals surface area contributed by atoms with Crippen molar-refractivity contribution in [3.05, 3.63) is 52.8 Å². The van der Waals surface area contributed by atoms with Gasteiger partial charge in [0.25, 0.3) is 5.91 Å². The third-order valence-electron chi connectivity index (χ3n) is 4.31. The Balaban J connectivity index is 1.61. The number of benzene rings is 1. The first-order chi connectivity index (χ1) is 10.9. The lowest BCUT2D eigenvalue weighted by Crippen LogP contribution is -2.47. The zero-order valence-corrected chi connectivity index (χ0v) is 14.3. The molecule has 23 heavy (non-hydrogen) atoms. The lowest BCUT2D eigenvalue weighted by atomic mass is 10.1. The van der Waals surface area contributed by atoms with Crippen LogP contribution in [0.4, 0.5) is 0 Å². The van der Waals surface area contributed by atoms with Crippen LogP contribution in [-0.4, -0.2) is 52.7 Å². The van der Waals surface area contributed by atoms with Crippen LogP contribution >= 0.6 is 0 Å². The second kappa shape index (κ2) is 6.16. The lowest BCUT2D eigenvalue weighted by molar-refractivity contribution is 0.0824. The van der Waals surface area contributed by atoms with Crippen molar-refractivity contribution >= 4 is 5.91 Å². The van der Waals surface area contributed by atoms with Gasteiger partial charge in [0.15, 0.2) is 0 Å². The number of rotatable bonds is 4. The topological polar surface area (TPSA) is 41.4 Å². The molecular weight excluding hydrogens is 288 g/mol. The molecule has 0 bridgehead atoms. The van der Waals surface area contributed by atoms with Gasteiger partial charge in [-0.15, -0.1) is 0 Å². The van der Waals surface area contributed by atoms with Crippen molar-refractivity contribution in [1.82, 2.24) is 19.6 Å². The molecule has 1 fully saturated rings. The van der Waals surface area contributed by atoms with Gasteiger partial charge >= 0.3 is 0 Å². The van der Waals surface area contributed by atoms with Crippen LogP contribution in [-0.2, 0) is 6.54 Å². The molecule has 3 rings (SSSR count). The molecule has 1 aromatic heterocycles. The minimum absolute atomic E-state index is 0.0518. The van der Waals surface area contributed by atoms with Gasteiger partial charge in [-0.25, -0.2) is 0 Å². The summed E-state index contributed by atoms with van der Waals surface area (Å²) in [6.45, 7) is 7.04. The third kappa shape index (κ3) is 3.29. The molecule has 1 aliphatic heterocycles. The summed E-state index contributed by atoms with van der Waals surface area (Å²) in [4.78, 5) is 16.0. The standard InChI is InChI=1S/C18H24N4O/c1-13-8-14(2)22(19-13)17-11-21(12-17)10-15-6-5-7-16(9-15)18(23)20(3)4/h5-9,17H,10-12H2,1-4H3. The van der Waals surface area contributed by atoms with E-state index < -0.39 is 0 Å². The van der Waals surface area contributed by atoms with E-state index in [1.165, 1.54) is 11.3 Å². The molecule has 2 aromatic rings. The first kappa shape index (κ1) is 15.7. The number of hydrogen-bond acceptors (Lipinski definition) is 3. The van der Waals surface area contributed by atoms with Crippen LogP contribution in [0.15, 0.2) is 30.3 Å². The average molecular weight is 312 g/mol. The van der Waals surface area contributed by atoms with E-state index in [0.29, 0.717) is 6.04 Å². The number of carbonyl (C=O) groups is 1. The summed E-state index contributed by atoms with van der Waals surface area (Å²) in [5.41, 5.74) is 4.24. The van der Waals surface area contributed by atoms with Crippen molar-refractivity contribution in [1.29, 1.82) is 0 Å². The molecule has 0 N–H and O–H groups in total. The van der Waals surface area contributed by atoms with Crippen molar-refractivity contribution < 1.29 is 4.79 Å². The Kier molecular flexibility index (Phi) is 4.22. The summed E-state index contributed by atoms with van der Waals surface area (Å²) in [5.74, 6) is 0.0518. The Bertz CT molecular complexity index is 714. The third-order valence-corrected chi connectivity index (χ3v) is 4.31. The molecule has 1 aliphatic rings. The Morgan fingerprint density at radius 2 is 2.00 bits per heavy atom. The van der Waals surface area contributed by atoms with Crippen molar-refractivity contribution in [3.8, 4) is 0 Å². The number of nitrogens with zero attached hydrogens (tertiary/aromatic N) is 4. The van der Waals surface area contributed by atoms with Crippen molar-refractivity contribution in [2.45, 2.75) is 26.4 Å². The normalized spacial score (nSPS) is 15.5. The highest BCUT2D eigenvalue weighted by molar-refractivity contribution is 5.94. The number of carbonyl (C=O) groups excluding carboxylic acids is 1. The smallest absolute Gasteiger partial charge is 0.253 e. The van der Waals surface area contributed by atoms with Gasteiger partial charge in [0, 0.05) is 45.0 Å². The van der Waals surface area contributed by atoms with Gasteiger partial charge in [-0.05, 0) is 37.6 Å². The number of aryl methyl sites for hydroxylation is 2. The zero-order chi connectivity index (χ0) is 16.6. The van der Waals surface area contributed by atoms with E-state index >= 15 is 0 Å². The fraction of sp³-hybridized carbons (Fsp3) is 0.444. The van der Waals surface area contributed by atoms with Gasteiger partial charge in [-0.2, -0.15) is 5.10 Å². The minimum Gasteiger partial charge on any atom is -0.345 e. The Morgan fingerprint density at radius 3 is 2.61 bits per heavy atom. The first-order valence-corrected chi connectivity index (χ1v) is 8.00. The van der Waals surface area contributed by atoms with Crippen LogP contribution in [0.2, 0.25) is 0 Å². The highest BCUT2D eigenvalue weighted by atomic mass is 16.2. The fourth-order valence-electron chi connectivity index (χ4n) is 3.16. The van der Waals surface area contributed by atoms with E-state index in [2.05, 4.69) is 33.7 Å². The maximum atomic E-state index is 12.0. The van der Waals surface area contributed by atoms with Crippen LogP contribution in [0.25, 0.3) is 0 Å². The van der Waals surface area contributed by atoms with Crippen LogP contribution in [0.3, 0.4) is 0 Å². The summed E-state index contributed by atoms with van der Waals surface area (Å²) >= 11 is 0. The summed E-state index contributed by atoms with van der Waals surface area (Å²) in [6.07, 6.45) is 0. The molecule has 0 atom stereocenters. The van der Waals surface area contributed by atoms with Gasteiger partial charge in [-0.1, -0.05) is 12.1 Å². The molecule has 0 spiro atoms. The van der Waals surface area contributed by atoms with E-state index in [-0.39, 0.29) is 5.91 Å². The molecule has 1 saturated heterocycles. The van der Waals surface area contributed by atoms with Crippen molar-refractivity contribution in [2.75, 3.05) is 27.2 Å². The monoisotopic (exact) mass is 312 g/mol. The number of hydrogen-bond donors (Lipinski definition) is 0. The highest BCUT2D eigenvalue weighted by Crippen LogP contribution is 2.24. The predicted molar refractivity (Wildman–Crippen MR) is 90.5 cm³/mol. The van der Waals surface area contributed by atoms with Crippen LogP contribution < -0.4 is 0 Å². The largest absolute Gasteiger partial charge is 0.345 e. The van der Waals surface area contributed by atoms with Crippen LogP contribution in [0.1, 0.15) is 33.4 Å². The first-order valence-electron chi connectivity index (χ1n) is 8.00. The van der Waals surface area contributed by atoms with E-state index in [0.717, 1.165) is 30.9 Å². The predicted octanol–water partition coefficient (Wildman–Crippen LogP) is 2.26. The van der Waals surface area contributed by atoms with Crippen molar-refractivity contribution in [2.24, 2.45) is 0 Å². The van der Waals surface area contributed by atoms with Gasteiger partial charge < -0.3 is 4.90 Å². The summed E-state index contributed by atoms with van der Waals surface area (Å²) < 4.78 is 2.14. The Morgan fingerprint density at radius 1 is 1.26 bits per heavy atom. The molecule has 0 aliphatic carbocycles. The van der Waals surface area contributed by atoms with E-state index in [1.807, 2.05) is 25.1 Å². The molecule has 1 amide bonds. The highest BCUT2D eigenvalue weighted by Gasteiger charge is 2.29. The summed E-state index contributed by atoms with van der Waals surface area (Å²) in [7, 11) is 3.56. The quantitative estimate of drug-likeness (QED) is 0.869. The van der Waals surface area contributed by atoms with Gasteiger partial charge in [0.1, 0.15) is 0 Å². The van der Waals surface area contributed by atoms with E-state index in [9.17, 15) is 4.79 Å². The summed E-state index contributed by atoms with van der Waals surface area (Å²) in [5, 5.41) is 4.57. The van der Waals surface area contributed by atoms with Crippen LogP contribution in [0, 0.1) is 13.8 Å². The molecule has 1 aromatic carbocycles. The molecule has 0 radical (unpaired) electrons. The second-order valence-corrected chi connectivity index (χ2v) is 6.62. The molecule has 0 unspecified atom stereocenters. The van der Waals surface area contributed by atoms with Crippen LogP contribution in [0.5, 0.6) is 0 Å². The summed E-state index contributed by atoms with van der Waals surface area (Å²) in [6, 6.07) is 10.5. The average Bonchev–Trinajstić information content (AvgIpc) is 2.80. The SMILES string of the molecule is Cc1cc(C)n(C2CN(Cc3cccc(C(=O)N(C)C)c3)C2)n1. The van der Waals surface area contributed by atoms with Gasteiger partial charge in [0.05, 0.1) is 11.7 Å².